The quantitative estimate of drug-likeness (QED) is 0.0780. The maximum Gasteiger partial charge on any atom is 0.466 e. The Balaban J connectivity index is -0.000000260. The lowest BCUT2D eigenvalue weighted by Crippen LogP contribution is -1.93. The van der Waals surface area contributed by atoms with Gasteiger partial charge in [0.15, 0.2) is 0 Å². The van der Waals surface area contributed by atoms with Crippen LogP contribution >= 0.6 is 15.6 Å². The highest BCUT2D eigenvalue weighted by Gasteiger charge is 2.00. The van der Waals surface area contributed by atoms with Crippen molar-refractivity contribution in [3.63, 3.8) is 0 Å². The van der Waals surface area contributed by atoms with Gasteiger partial charge in [-0.1, -0.05) is 70.4 Å². The van der Waals surface area contributed by atoms with E-state index in [2.05, 4.69) is 19.1 Å². The van der Waals surface area contributed by atoms with Gasteiger partial charge in [0.25, 0.3) is 0 Å². The maximum atomic E-state index is 10.3. The van der Waals surface area contributed by atoms with Gasteiger partial charge in [-0.25, -0.2) is 9.13 Å². The number of unbranched alkanes of at least 4 members (excludes halogenated alkanes) is 11. The molecular weight excluding hydrogens is 494 g/mol. The first-order chi connectivity index (χ1) is 15.7. The monoisotopic (exact) mass is 540 g/mol. The van der Waals surface area contributed by atoms with Crippen molar-refractivity contribution in [1.82, 2.24) is 0 Å². The van der Waals surface area contributed by atoms with E-state index >= 15 is 0 Å². The van der Waals surface area contributed by atoms with Gasteiger partial charge in [-0.05, 0) is 32.1 Å². The van der Waals surface area contributed by atoms with E-state index in [4.69, 9.17) is 53.8 Å². The minimum atomic E-state index is -4.64. The van der Waals surface area contributed by atoms with E-state index in [9.17, 15) is 4.79 Å². The van der Waals surface area contributed by atoms with Crippen molar-refractivity contribution in [3.8, 4) is 0 Å². The van der Waals surface area contributed by atoms with Gasteiger partial charge in [0.05, 0.1) is 13.2 Å². The third kappa shape index (κ3) is 95.9. The molecule has 0 atom stereocenters. The van der Waals surface area contributed by atoms with Crippen LogP contribution in [0.5, 0.6) is 0 Å². The number of allylic oxidation sites excluding steroid dienone is 2. The SMILES string of the molecule is CCCCCCCC/C=C\CCCCCCCC(=O)O.O=P(O)(O)O.O=P(O)(O)O.OCCO. The largest absolute Gasteiger partial charge is 0.481 e. The molecule has 14 heteroatoms. The average Bonchev–Trinajstić information content (AvgIpc) is 2.68. The van der Waals surface area contributed by atoms with Gasteiger partial charge in [-0.15, -0.1) is 0 Å². The number of phosphoric acid groups is 2. The number of aliphatic hydroxyl groups excluding tert-OH is 2. The van der Waals surface area contributed by atoms with Gasteiger partial charge < -0.3 is 44.7 Å². The van der Waals surface area contributed by atoms with E-state index in [1.54, 1.807) is 0 Å². The van der Waals surface area contributed by atoms with Crippen molar-refractivity contribution in [2.24, 2.45) is 0 Å². The molecule has 0 aliphatic rings. The predicted octanol–water partition coefficient (Wildman–Crippen LogP) is 3.22. The fourth-order valence-electron chi connectivity index (χ4n) is 2.35. The Morgan fingerprint density at radius 1 is 0.618 bits per heavy atom. The van der Waals surface area contributed by atoms with Gasteiger partial charge in [-0.3, -0.25) is 4.79 Å². The molecule has 0 aromatic rings. The van der Waals surface area contributed by atoms with Crippen molar-refractivity contribution in [2.75, 3.05) is 13.2 Å². The molecule has 0 radical (unpaired) electrons. The molecule has 0 rings (SSSR count). The highest BCUT2D eigenvalue weighted by molar-refractivity contribution is 7.45. The van der Waals surface area contributed by atoms with Crippen LogP contribution in [-0.2, 0) is 13.9 Å². The molecule has 0 fully saturated rings. The second kappa shape index (κ2) is 30.4. The highest BCUT2D eigenvalue weighted by Crippen LogP contribution is 2.26. The summed E-state index contributed by atoms with van der Waals surface area (Å²) < 4.78 is 17.8. The van der Waals surface area contributed by atoms with Crippen molar-refractivity contribution in [1.29, 1.82) is 0 Å². The summed E-state index contributed by atoms with van der Waals surface area (Å²) >= 11 is 0. The molecule has 208 valence electrons. The van der Waals surface area contributed by atoms with E-state index < -0.39 is 21.6 Å². The number of carbonyl (C=O) groups is 1. The minimum absolute atomic E-state index is 0.125. The van der Waals surface area contributed by atoms with E-state index in [-0.39, 0.29) is 13.2 Å². The Morgan fingerprint density at radius 2 is 0.912 bits per heavy atom. The lowest BCUT2D eigenvalue weighted by Gasteiger charge is -1.99. The Kier molecular flexibility index (Phi) is 36.2. The third-order valence-electron chi connectivity index (χ3n) is 3.75. The second-order valence-electron chi connectivity index (χ2n) is 7.20. The molecule has 0 saturated heterocycles. The smallest absolute Gasteiger partial charge is 0.466 e. The van der Waals surface area contributed by atoms with E-state index in [0.717, 1.165) is 12.8 Å². The van der Waals surface area contributed by atoms with Crippen LogP contribution in [0.3, 0.4) is 0 Å². The molecule has 0 aliphatic heterocycles. The van der Waals surface area contributed by atoms with Crippen molar-refractivity contribution >= 4 is 21.6 Å². The number of rotatable bonds is 16. The van der Waals surface area contributed by atoms with Gasteiger partial charge >= 0.3 is 21.6 Å². The first-order valence-corrected chi connectivity index (χ1v) is 14.5. The van der Waals surface area contributed by atoms with E-state index in [1.807, 2.05) is 0 Å². The van der Waals surface area contributed by atoms with Gasteiger partial charge in [-0.2, -0.15) is 0 Å². The van der Waals surface area contributed by atoms with Gasteiger partial charge in [0.1, 0.15) is 0 Å². The summed E-state index contributed by atoms with van der Waals surface area (Å²) in [6.07, 6.45) is 21.2. The molecule has 0 aromatic carbocycles. The molecule has 0 saturated carbocycles. The first-order valence-electron chi connectivity index (χ1n) is 11.3. The standard InChI is InChI=1S/C18H34O2.C2H6O2.2H3O4P/c1-2-3-4-5-6-7-8-9-10-11-12-13-14-15-16-17-18(19)20;3-1-2-4;2*1-5(2,3)4/h9-10H,2-8,11-17H2,1H3,(H,19,20);3-4H,1-2H2;2*(H3,1,2,3,4)/b10-9-;;;. The number of aliphatic carboxylic acids is 1. The van der Waals surface area contributed by atoms with Crippen LogP contribution < -0.4 is 0 Å². The van der Waals surface area contributed by atoms with Gasteiger partial charge in [0, 0.05) is 6.42 Å². The van der Waals surface area contributed by atoms with Crippen LogP contribution in [0.15, 0.2) is 12.2 Å². The number of hydrogen-bond acceptors (Lipinski definition) is 5. The topological polar surface area (TPSA) is 233 Å². The molecule has 0 unspecified atom stereocenters. The molecule has 0 amide bonds. The summed E-state index contributed by atoms with van der Waals surface area (Å²) in [7, 11) is -9.28. The zero-order valence-electron chi connectivity index (χ0n) is 20.1. The molecule has 0 bridgehead atoms. The fourth-order valence-corrected chi connectivity index (χ4v) is 2.35. The first kappa shape index (κ1) is 40.5. The number of hydrogen-bond donors (Lipinski definition) is 9. The van der Waals surface area contributed by atoms with Crippen LogP contribution in [0.2, 0.25) is 0 Å². The molecule has 0 aliphatic carbocycles. The lowest BCUT2D eigenvalue weighted by atomic mass is 10.1. The Labute approximate surface area is 202 Å². The molecule has 0 spiro atoms. The molecule has 9 N–H and O–H groups in total. The summed E-state index contributed by atoms with van der Waals surface area (Å²) in [6, 6.07) is 0. The zero-order chi connectivity index (χ0) is 27.3. The van der Waals surface area contributed by atoms with Crippen molar-refractivity contribution < 1.29 is 58.6 Å². The summed E-state index contributed by atoms with van der Waals surface area (Å²) in [5.74, 6) is -0.664. The molecule has 12 nitrogen and oxygen atoms in total. The predicted molar refractivity (Wildman–Crippen MR) is 130 cm³/mol. The average molecular weight is 541 g/mol. The van der Waals surface area contributed by atoms with Crippen LogP contribution in [-0.4, -0.2) is 63.9 Å². The van der Waals surface area contributed by atoms with Crippen LogP contribution in [0.1, 0.15) is 96.8 Å². The fraction of sp³-hybridized carbons (Fsp3) is 0.850. The minimum Gasteiger partial charge on any atom is -0.481 e. The van der Waals surface area contributed by atoms with Crippen LogP contribution in [0, 0.1) is 0 Å². The summed E-state index contributed by atoms with van der Waals surface area (Å²) in [4.78, 5) is 53.4. The van der Waals surface area contributed by atoms with Gasteiger partial charge in [0.2, 0.25) is 0 Å². The highest BCUT2D eigenvalue weighted by atomic mass is 31.2. The summed E-state index contributed by atoms with van der Waals surface area (Å²) in [6.45, 7) is 2.01. The lowest BCUT2D eigenvalue weighted by molar-refractivity contribution is -0.137. The molecule has 0 aromatic heterocycles. The number of aliphatic hydroxyl groups is 2. The summed E-state index contributed by atoms with van der Waals surface area (Å²) in [5, 5.41) is 23.8. The van der Waals surface area contributed by atoms with Crippen molar-refractivity contribution in [2.45, 2.75) is 96.8 Å². The van der Waals surface area contributed by atoms with Crippen LogP contribution in [0.4, 0.5) is 0 Å². The zero-order valence-corrected chi connectivity index (χ0v) is 21.9. The number of carboxylic acid groups (broad SMARTS) is 1. The Hall–Kier alpha value is -0.650. The molecule has 0 heterocycles. The number of carboxylic acids is 1. The third-order valence-corrected chi connectivity index (χ3v) is 3.75. The normalized spacial score (nSPS) is 11.0. The summed E-state index contributed by atoms with van der Waals surface area (Å²) in [5.41, 5.74) is 0. The Morgan fingerprint density at radius 3 is 1.21 bits per heavy atom. The van der Waals surface area contributed by atoms with Crippen molar-refractivity contribution in [3.05, 3.63) is 12.2 Å². The van der Waals surface area contributed by atoms with Crippen LogP contribution in [0.25, 0.3) is 0 Å². The maximum absolute atomic E-state index is 10.3. The van der Waals surface area contributed by atoms with E-state index in [0.29, 0.717) is 6.42 Å². The molecule has 34 heavy (non-hydrogen) atoms. The second-order valence-corrected chi connectivity index (χ2v) is 9.25. The van der Waals surface area contributed by atoms with E-state index in [1.165, 1.54) is 70.6 Å². The molecular formula is C20H46O12P2. The Bertz CT molecular complexity index is 493.